The molecule has 0 aromatic heterocycles. The van der Waals surface area contributed by atoms with Crippen molar-refractivity contribution >= 4 is 47.6 Å². The third kappa shape index (κ3) is 21.3. The fraction of sp³-hybridized carbons (Fsp3) is 0.500. The molecule has 0 saturated heterocycles. The van der Waals surface area contributed by atoms with Gasteiger partial charge in [0.05, 0.1) is 13.1 Å². The summed E-state index contributed by atoms with van der Waals surface area (Å²) in [5.41, 5.74) is 1.48. The molecule has 53 heavy (non-hydrogen) atoms. The lowest BCUT2D eigenvalue weighted by atomic mass is 10.2. The van der Waals surface area contributed by atoms with Crippen LogP contribution in [0.15, 0.2) is 60.7 Å². The van der Waals surface area contributed by atoms with Gasteiger partial charge in [-0.3, -0.25) is 19.2 Å². The molecule has 0 aliphatic carbocycles. The maximum absolute atomic E-state index is 13.2. The average Bonchev–Trinajstić information content (AvgIpc) is 3.14. The van der Waals surface area contributed by atoms with E-state index < -0.39 is 47.9 Å². The summed E-state index contributed by atoms with van der Waals surface area (Å²) in [5, 5.41) is 15.6. The van der Waals surface area contributed by atoms with Crippen LogP contribution in [0, 0.1) is 0 Å². The van der Waals surface area contributed by atoms with Crippen LogP contribution < -0.4 is 31.9 Å². The maximum Gasteiger partial charge on any atom is 0.408 e. The average molecular weight is 759 g/mol. The van der Waals surface area contributed by atoms with Gasteiger partial charge in [0.25, 0.3) is 0 Å². The summed E-state index contributed by atoms with van der Waals surface area (Å²) in [4.78, 5) is 80.6. The van der Waals surface area contributed by atoms with Gasteiger partial charge in [-0.15, -0.1) is 0 Å². The van der Waals surface area contributed by atoms with Gasteiger partial charge in [0, 0.05) is 24.6 Å². The Hall–Kier alpha value is -4.87. The molecule has 16 nitrogen and oxygen atoms in total. The van der Waals surface area contributed by atoms with E-state index in [4.69, 9.17) is 9.47 Å². The monoisotopic (exact) mass is 758 g/mol. The first-order chi connectivity index (χ1) is 25.4. The van der Waals surface area contributed by atoms with Crippen LogP contribution in [0.2, 0.25) is 0 Å². The highest BCUT2D eigenvalue weighted by atomic mass is 32.2. The summed E-state index contributed by atoms with van der Waals surface area (Å²) in [5.74, 6) is -2.22. The Labute approximate surface area is 315 Å². The van der Waals surface area contributed by atoms with Gasteiger partial charge in [-0.1, -0.05) is 60.7 Å². The second-order valence-corrected chi connectivity index (χ2v) is 13.6. The Balaban J connectivity index is 2.04. The van der Waals surface area contributed by atoms with Crippen molar-refractivity contribution in [2.75, 3.05) is 79.0 Å². The standard InChI is InChI=1S/C36H54N8O8S/c1-43(2)19-11-17-37-31(45)21-39-33(47)29(41-35(49)51-23-27-13-7-5-8-14-27)25-53-26-30(42-36(50)52-24-28-15-9-6-10-16-28)34(48)40-22-32(46)38-18-12-20-44(3)4/h5-10,13-16,29-30H,11-12,17-26H2,1-4H3,(H,37,45)(H,38,46)(H,39,47)(H,40,48)(H,41,49)(H,42,50)/t29-,30-/m0/s1. The lowest BCUT2D eigenvalue weighted by Crippen LogP contribution is -2.52. The number of carbonyl (C=O) groups is 6. The zero-order valence-electron chi connectivity index (χ0n) is 31.0. The van der Waals surface area contributed by atoms with E-state index in [1.165, 1.54) is 0 Å². The number of nitrogens with zero attached hydrogens (tertiary/aromatic N) is 2. The van der Waals surface area contributed by atoms with Crippen molar-refractivity contribution in [2.45, 2.75) is 38.1 Å². The van der Waals surface area contributed by atoms with Crippen molar-refractivity contribution < 1.29 is 38.2 Å². The normalized spacial score (nSPS) is 11.9. The molecule has 0 saturated carbocycles. The molecule has 0 heterocycles. The van der Waals surface area contributed by atoms with Crippen LogP contribution in [0.4, 0.5) is 9.59 Å². The zero-order valence-corrected chi connectivity index (χ0v) is 31.8. The van der Waals surface area contributed by atoms with Crippen molar-refractivity contribution in [1.29, 1.82) is 0 Å². The van der Waals surface area contributed by atoms with Gasteiger partial charge in [-0.05, 0) is 65.2 Å². The Morgan fingerprint density at radius 1 is 0.585 bits per heavy atom. The van der Waals surface area contributed by atoms with E-state index >= 15 is 0 Å². The molecule has 17 heteroatoms. The summed E-state index contributed by atoms with van der Waals surface area (Å²) in [6.45, 7) is 1.71. The second kappa shape index (κ2) is 26.0. The van der Waals surface area contributed by atoms with E-state index in [2.05, 4.69) is 31.9 Å². The van der Waals surface area contributed by atoms with Gasteiger partial charge in [0.15, 0.2) is 0 Å². The number of ether oxygens (including phenoxy) is 2. The Kier molecular flexibility index (Phi) is 21.7. The molecule has 0 radical (unpaired) electrons. The molecular formula is C36H54N8O8S. The minimum Gasteiger partial charge on any atom is -0.445 e. The van der Waals surface area contributed by atoms with Gasteiger partial charge in [-0.2, -0.15) is 11.8 Å². The van der Waals surface area contributed by atoms with E-state index in [1.807, 2.05) is 50.1 Å². The number of rotatable bonds is 24. The summed E-state index contributed by atoms with van der Waals surface area (Å²) in [6, 6.07) is 15.6. The van der Waals surface area contributed by atoms with Gasteiger partial charge >= 0.3 is 12.2 Å². The molecule has 6 amide bonds. The van der Waals surface area contributed by atoms with Crippen molar-refractivity contribution in [3.63, 3.8) is 0 Å². The molecule has 0 aliphatic heterocycles. The van der Waals surface area contributed by atoms with Crippen LogP contribution in [-0.2, 0) is 41.9 Å². The van der Waals surface area contributed by atoms with Crippen molar-refractivity contribution in [3.05, 3.63) is 71.8 Å². The smallest absolute Gasteiger partial charge is 0.408 e. The highest BCUT2D eigenvalue weighted by molar-refractivity contribution is 7.99. The lowest BCUT2D eigenvalue weighted by molar-refractivity contribution is -0.127. The van der Waals surface area contributed by atoms with Crippen LogP contribution in [0.25, 0.3) is 0 Å². The highest BCUT2D eigenvalue weighted by Crippen LogP contribution is 2.09. The number of nitrogens with one attached hydrogen (secondary N) is 6. The van der Waals surface area contributed by atoms with Crippen molar-refractivity contribution in [1.82, 2.24) is 41.7 Å². The number of benzene rings is 2. The fourth-order valence-electron chi connectivity index (χ4n) is 4.44. The highest BCUT2D eigenvalue weighted by Gasteiger charge is 2.26. The third-order valence-corrected chi connectivity index (χ3v) is 8.40. The maximum atomic E-state index is 13.2. The molecule has 0 bridgehead atoms. The van der Waals surface area contributed by atoms with Crippen molar-refractivity contribution in [2.24, 2.45) is 0 Å². The topological polar surface area (TPSA) is 200 Å². The van der Waals surface area contributed by atoms with E-state index in [1.54, 1.807) is 48.5 Å². The van der Waals surface area contributed by atoms with E-state index in [9.17, 15) is 28.8 Å². The molecule has 0 spiro atoms. The molecule has 0 unspecified atom stereocenters. The molecular weight excluding hydrogens is 705 g/mol. The van der Waals surface area contributed by atoms with E-state index in [0.717, 1.165) is 48.8 Å². The molecule has 2 rings (SSSR count). The minimum atomic E-state index is -1.17. The Morgan fingerprint density at radius 2 is 0.962 bits per heavy atom. The number of thioether (sulfide) groups is 1. The number of carbonyl (C=O) groups excluding carboxylic acids is 6. The van der Waals surface area contributed by atoms with Crippen LogP contribution in [0.3, 0.4) is 0 Å². The summed E-state index contributed by atoms with van der Waals surface area (Å²) in [7, 11) is 7.70. The molecule has 292 valence electrons. The van der Waals surface area contributed by atoms with Gasteiger partial charge < -0.3 is 51.2 Å². The number of alkyl carbamates (subject to hydrolysis) is 2. The third-order valence-electron chi connectivity index (χ3n) is 7.27. The molecule has 2 aromatic carbocycles. The largest absolute Gasteiger partial charge is 0.445 e. The van der Waals surface area contributed by atoms with Gasteiger partial charge in [0.2, 0.25) is 23.6 Å². The molecule has 2 atom stereocenters. The molecule has 0 aliphatic rings. The first-order valence-corrected chi connectivity index (χ1v) is 18.5. The van der Waals surface area contributed by atoms with Crippen LogP contribution in [0.1, 0.15) is 24.0 Å². The number of amides is 6. The first kappa shape index (κ1) is 44.3. The molecule has 0 fully saturated rings. The minimum absolute atomic E-state index is 0.0377. The number of hydrogen-bond acceptors (Lipinski definition) is 11. The SMILES string of the molecule is CN(C)CCCNC(=O)CNC(=O)[C@H](CSC[C@H](NC(=O)OCc1ccccc1)C(=O)NCC(=O)NCCCN(C)C)NC(=O)OCc1ccccc1. The van der Waals surface area contributed by atoms with Gasteiger partial charge in [-0.25, -0.2) is 9.59 Å². The van der Waals surface area contributed by atoms with Gasteiger partial charge in [0.1, 0.15) is 25.3 Å². The van der Waals surface area contributed by atoms with Crippen molar-refractivity contribution in [3.8, 4) is 0 Å². The van der Waals surface area contributed by atoms with Crippen LogP contribution in [0.5, 0.6) is 0 Å². The van der Waals surface area contributed by atoms with E-state index in [0.29, 0.717) is 13.1 Å². The summed E-state index contributed by atoms with van der Waals surface area (Å²) >= 11 is 1.07. The molecule has 6 N–H and O–H groups in total. The van der Waals surface area contributed by atoms with E-state index in [-0.39, 0.29) is 37.8 Å². The predicted octanol–water partition coefficient (Wildman–Crippen LogP) is 0.678. The fourth-order valence-corrected chi connectivity index (χ4v) is 5.51. The first-order valence-electron chi connectivity index (χ1n) is 17.3. The molecule has 2 aromatic rings. The summed E-state index contributed by atoms with van der Waals surface area (Å²) in [6.07, 6.45) is -0.275. The predicted molar refractivity (Wildman–Crippen MR) is 203 cm³/mol. The second-order valence-electron chi connectivity index (χ2n) is 12.5. The number of hydrogen-bond donors (Lipinski definition) is 6. The quantitative estimate of drug-likeness (QED) is 0.0824. The Morgan fingerprint density at radius 3 is 1.32 bits per heavy atom. The van der Waals surface area contributed by atoms with Crippen LogP contribution in [-0.4, -0.2) is 137 Å². The lowest BCUT2D eigenvalue weighted by Gasteiger charge is -2.21. The summed E-state index contributed by atoms with van der Waals surface area (Å²) < 4.78 is 10.6. The Bertz CT molecular complexity index is 1310. The zero-order chi connectivity index (χ0) is 38.8. The van der Waals surface area contributed by atoms with Crippen LogP contribution >= 0.6 is 11.8 Å².